The summed E-state index contributed by atoms with van der Waals surface area (Å²) in [6, 6.07) is 3.09. The Morgan fingerprint density at radius 3 is 2.68 bits per heavy atom. The molecule has 22 heavy (non-hydrogen) atoms. The molecule has 0 aliphatic rings. The first-order valence-electron chi connectivity index (χ1n) is 6.42. The van der Waals surface area contributed by atoms with Gasteiger partial charge in [-0.15, -0.1) is 0 Å². The fraction of sp³-hybridized carbons (Fsp3) is 0.133. The van der Waals surface area contributed by atoms with Crippen molar-refractivity contribution in [2.75, 3.05) is 0 Å². The standard InChI is InChI=1S/C15H11ClF3N3/c1-21-11(6-20-15(21)16)8-22-3-2-9(7-22)12-4-10(17)5-13(18)14(12)19/h2-7H,8H2,1H3. The number of hydrogen-bond acceptors (Lipinski definition) is 1. The highest BCUT2D eigenvalue weighted by atomic mass is 35.5. The number of rotatable bonds is 3. The van der Waals surface area contributed by atoms with Crippen molar-refractivity contribution in [2.24, 2.45) is 7.05 Å². The van der Waals surface area contributed by atoms with Crippen LogP contribution in [0, 0.1) is 17.5 Å². The van der Waals surface area contributed by atoms with Gasteiger partial charge in [-0.25, -0.2) is 18.2 Å². The van der Waals surface area contributed by atoms with Gasteiger partial charge in [0, 0.05) is 36.6 Å². The monoisotopic (exact) mass is 325 g/mol. The van der Waals surface area contributed by atoms with Gasteiger partial charge in [-0.05, 0) is 23.7 Å². The molecule has 2 heterocycles. The fourth-order valence-electron chi connectivity index (χ4n) is 2.22. The average molecular weight is 326 g/mol. The molecule has 0 saturated carbocycles. The van der Waals surface area contributed by atoms with Crippen LogP contribution in [0.2, 0.25) is 5.28 Å². The Labute approximate surface area is 129 Å². The Bertz CT molecular complexity index is 839. The Balaban J connectivity index is 1.93. The van der Waals surface area contributed by atoms with E-state index in [9.17, 15) is 13.2 Å². The number of nitrogens with zero attached hydrogens (tertiary/aromatic N) is 3. The van der Waals surface area contributed by atoms with Gasteiger partial charge >= 0.3 is 0 Å². The van der Waals surface area contributed by atoms with Crippen LogP contribution in [-0.4, -0.2) is 14.1 Å². The second-order valence-electron chi connectivity index (χ2n) is 4.90. The van der Waals surface area contributed by atoms with Gasteiger partial charge in [-0.1, -0.05) is 0 Å². The minimum absolute atomic E-state index is 0.112. The molecular weight excluding hydrogens is 315 g/mol. The van der Waals surface area contributed by atoms with Gasteiger partial charge in [-0.2, -0.15) is 0 Å². The van der Waals surface area contributed by atoms with Crippen LogP contribution in [0.5, 0.6) is 0 Å². The van der Waals surface area contributed by atoms with Crippen molar-refractivity contribution in [3.63, 3.8) is 0 Å². The molecule has 0 amide bonds. The van der Waals surface area contributed by atoms with E-state index in [1.165, 1.54) is 0 Å². The lowest BCUT2D eigenvalue weighted by Crippen LogP contribution is -2.02. The molecule has 0 N–H and O–H groups in total. The van der Waals surface area contributed by atoms with Gasteiger partial charge in [-0.3, -0.25) is 0 Å². The third-order valence-electron chi connectivity index (χ3n) is 3.43. The number of imidazole rings is 1. The highest BCUT2D eigenvalue weighted by molar-refractivity contribution is 6.28. The molecule has 0 unspecified atom stereocenters. The molecule has 3 aromatic rings. The Morgan fingerprint density at radius 2 is 2.00 bits per heavy atom. The van der Waals surface area contributed by atoms with Crippen molar-refractivity contribution in [1.29, 1.82) is 0 Å². The Kier molecular flexibility index (Phi) is 3.70. The van der Waals surface area contributed by atoms with Gasteiger partial charge in [0.15, 0.2) is 11.6 Å². The van der Waals surface area contributed by atoms with Crippen LogP contribution in [-0.2, 0) is 13.6 Å². The highest BCUT2D eigenvalue weighted by Crippen LogP contribution is 2.26. The highest BCUT2D eigenvalue weighted by Gasteiger charge is 2.14. The van der Waals surface area contributed by atoms with E-state index in [1.807, 2.05) is 0 Å². The first-order chi connectivity index (χ1) is 10.5. The minimum Gasteiger partial charge on any atom is -0.348 e. The molecule has 114 valence electrons. The van der Waals surface area contributed by atoms with Gasteiger partial charge in [0.25, 0.3) is 0 Å². The molecule has 0 saturated heterocycles. The molecule has 3 nitrogen and oxygen atoms in total. The largest absolute Gasteiger partial charge is 0.348 e. The molecule has 3 rings (SSSR count). The molecule has 0 atom stereocenters. The van der Waals surface area contributed by atoms with E-state index in [2.05, 4.69) is 4.98 Å². The van der Waals surface area contributed by atoms with Gasteiger partial charge in [0.2, 0.25) is 5.28 Å². The van der Waals surface area contributed by atoms with Crippen LogP contribution >= 0.6 is 11.6 Å². The maximum absolute atomic E-state index is 13.8. The summed E-state index contributed by atoms with van der Waals surface area (Å²) in [6.45, 7) is 0.454. The van der Waals surface area contributed by atoms with E-state index in [1.54, 1.807) is 40.8 Å². The predicted molar refractivity (Wildman–Crippen MR) is 77.1 cm³/mol. The van der Waals surface area contributed by atoms with Crippen molar-refractivity contribution in [1.82, 2.24) is 14.1 Å². The van der Waals surface area contributed by atoms with Crippen molar-refractivity contribution in [3.8, 4) is 11.1 Å². The lowest BCUT2D eigenvalue weighted by atomic mass is 10.1. The summed E-state index contributed by atoms with van der Waals surface area (Å²) < 4.78 is 43.8. The lowest BCUT2D eigenvalue weighted by Gasteiger charge is -2.05. The summed E-state index contributed by atoms with van der Waals surface area (Å²) in [6.07, 6.45) is 4.93. The molecule has 0 spiro atoms. The molecule has 0 radical (unpaired) electrons. The Morgan fingerprint density at radius 1 is 1.23 bits per heavy atom. The van der Waals surface area contributed by atoms with Crippen LogP contribution in [0.1, 0.15) is 5.69 Å². The van der Waals surface area contributed by atoms with E-state index in [0.29, 0.717) is 23.5 Å². The van der Waals surface area contributed by atoms with Crippen LogP contribution in [0.3, 0.4) is 0 Å². The third-order valence-corrected chi connectivity index (χ3v) is 3.78. The average Bonchev–Trinajstić information content (AvgIpc) is 3.05. The van der Waals surface area contributed by atoms with E-state index in [-0.39, 0.29) is 5.56 Å². The van der Waals surface area contributed by atoms with E-state index >= 15 is 0 Å². The third kappa shape index (κ3) is 2.62. The van der Waals surface area contributed by atoms with Crippen LogP contribution < -0.4 is 0 Å². The number of hydrogen-bond donors (Lipinski definition) is 0. The molecule has 0 fully saturated rings. The summed E-state index contributed by atoms with van der Waals surface area (Å²) >= 11 is 5.86. The molecule has 0 bridgehead atoms. The van der Waals surface area contributed by atoms with E-state index in [4.69, 9.17) is 11.6 Å². The quantitative estimate of drug-likeness (QED) is 0.667. The van der Waals surface area contributed by atoms with Crippen molar-refractivity contribution >= 4 is 11.6 Å². The number of benzene rings is 1. The maximum atomic E-state index is 13.8. The zero-order valence-electron chi connectivity index (χ0n) is 11.5. The molecule has 0 aliphatic carbocycles. The normalized spacial score (nSPS) is 11.1. The second-order valence-corrected chi connectivity index (χ2v) is 5.24. The van der Waals surface area contributed by atoms with E-state index < -0.39 is 17.5 Å². The summed E-state index contributed by atoms with van der Waals surface area (Å²) in [7, 11) is 1.77. The van der Waals surface area contributed by atoms with Gasteiger partial charge in [0.1, 0.15) is 5.82 Å². The number of aromatic nitrogens is 3. The van der Waals surface area contributed by atoms with Crippen molar-refractivity contribution in [2.45, 2.75) is 6.54 Å². The summed E-state index contributed by atoms with van der Waals surface area (Å²) in [4.78, 5) is 3.97. The topological polar surface area (TPSA) is 22.8 Å². The van der Waals surface area contributed by atoms with Crippen LogP contribution in [0.15, 0.2) is 36.8 Å². The summed E-state index contributed by atoms with van der Waals surface area (Å²) in [5.41, 5.74) is 1.13. The zero-order chi connectivity index (χ0) is 15.9. The molecular formula is C15H11ClF3N3. The summed E-state index contributed by atoms with van der Waals surface area (Å²) in [5.74, 6) is -3.09. The molecule has 1 aromatic carbocycles. The van der Waals surface area contributed by atoms with Crippen molar-refractivity contribution < 1.29 is 13.2 Å². The maximum Gasteiger partial charge on any atom is 0.202 e. The minimum atomic E-state index is -1.21. The Hall–Kier alpha value is -2.21. The van der Waals surface area contributed by atoms with Crippen LogP contribution in [0.25, 0.3) is 11.1 Å². The smallest absolute Gasteiger partial charge is 0.202 e. The lowest BCUT2D eigenvalue weighted by molar-refractivity contribution is 0.497. The second kappa shape index (κ2) is 5.53. The van der Waals surface area contributed by atoms with Crippen molar-refractivity contribution in [3.05, 3.63) is 65.2 Å². The predicted octanol–water partition coefficient (Wildman–Crippen LogP) is 4.01. The zero-order valence-corrected chi connectivity index (χ0v) is 12.3. The molecule has 0 aliphatic heterocycles. The first-order valence-corrected chi connectivity index (χ1v) is 6.80. The molecule has 2 aromatic heterocycles. The molecule has 7 heteroatoms. The first kappa shape index (κ1) is 14.7. The van der Waals surface area contributed by atoms with Gasteiger partial charge in [0.05, 0.1) is 18.4 Å². The van der Waals surface area contributed by atoms with Gasteiger partial charge < -0.3 is 9.13 Å². The van der Waals surface area contributed by atoms with Crippen LogP contribution in [0.4, 0.5) is 13.2 Å². The van der Waals surface area contributed by atoms with E-state index in [0.717, 1.165) is 11.8 Å². The SMILES string of the molecule is Cn1c(Cn2ccc(-c3cc(F)cc(F)c3F)c2)cnc1Cl. The number of halogens is 4. The summed E-state index contributed by atoms with van der Waals surface area (Å²) in [5, 5.41) is 0.362. The fourth-order valence-corrected chi connectivity index (χ4v) is 2.38.